The second kappa shape index (κ2) is 5.24. The molecule has 0 saturated heterocycles. The summed E-state index contributed by atoms with van der Waals surface area (Å²) >= 11 is 0. The van der Waals surface area contributed by atoms with E-state index in [4.69, 9.17) is 0 Å². The van der Waals surface area contributed by atoms with E-state index in [0.29, 0.717) is 6.42 Å². The number of carbonyl (C=O) groups is 1. The average Bonchev–Trinajstić information content (AvgIpc) is 2.73. The third-order valence-electron chi connectivity index (χ3n) is 4.94. The molecule has 2 nitrogen and oxygen atoms in total. The molecule has 0 unspecified atom stereocenters. The zero-order valence-corrected chi connectivity index (χ0v) is 12.3. The molecule has 0 fully saturated rings. The SMILES string of the molecule is O=C[C@@H]1Cc2cc(F)ccc2N2CCCc3ccccc3[C@@H]12. The van der Waals surface area contributed by atoms with Gasteiger partial charge in [0.1, 0.15) is 12.1 Å². The van der Waals surface area contributed by atoms with E-state index in [1.807, 2.05) is 12.1 Å². The molecule has 2 heterocycles. The quantitative estimate of drug-likeness (QED) is 0.748. The maximum absolute atomic E-state index is 13.6. The lowest BCUT2D eigenvalue weighted by Gasteiger charge is -2.41. The van der Waals surface area contributed by atoms with Crippen LogP contribution in [0.25, 0.3) is 0 Å². The topological polar surface area (TPSA) is 20.3 Å². The molecule has 112 valence electrons. The molecule has 0 bridgehead atoms. The summed E-state index contributed by atoms with van der Waals surface area (Å²) in [5.74, 6) is -0.342. The van der Waals surface area contributed by atoms with Crippen LogP contribution in [0.5, 0.6) is 0 Å². The molecule has 0 spiro atoms. The molecule has 0 saturated carbocycles. The van der Waals surface area contributed by atoms with Crippen LogP contribution < -0.4 is 4.90 Å². The lowest BCUT2D eigenvalue weighted by molar-refractivity contribution is -0.111. The van der Waals surface area contributed by atoms with Gasteiger partial charge in [-0.15, -0.1) is 0 Å². The number of halogens is 1. The van der Waals surface area contributed by atoms with Crippen LogP contribution in [-0.4, -0.2) is 12.8 Å². The van der Waals surface area contributed by atoms with Gasteiger partial charge in [-0.2, -0.15) is 0 Å². The maximum atomic E-state index is 13.6. The van der Waals surface area contributed by atoms with Crippen LogP contribution in [0.1, 0.15) is 29.2 Å². The maximum Gasteiger partial charge on any atom is 0.125 e. The average molecular weight is 295 g/mol. The fourth-order valence-electron chi connectivity index (χ4n) is 4.02. The number of anilines is 1. The summed E-state index contributed by atoms with van der Waals surface area (Å²) in [5.41, 5.74) is 4.63. The van der Waals surface area contributed by atoms with E-state index in [1.165, 1.54) is 17.2 Å². The Hall–Kier alpha value is -2.16. The van der Waals surface area contributed by atoms with Crippen molar-refractivity contribution in [2.45, 2.75) is 25.3 Å². The van der Waals surface area contributed by atoms with Gasteiger partial charge in [-0.25, -0.2) is 4.39 Å². The standard InChI is InChI=1S/C19H18FNO/c20-16-7-8-18-14(11-16)10-15(12-22)19-17-6-2-1-4-13(17)5-3-9-21(18)19/h1-2,4,6-8,11-12,15,19H,3,5,9-10H2/t15-,19+/m0/s1. The second-order valence-corrected chi connectivity index (χ2v) is 6.22. The molecule has 0 aliphatic carbocycles. The first-order chi connectivity index (χ1) is 10.8. The molecule has 2 aliphatic rings. The van der Waals surface area contributed by atoms with Crippen molar-refractivity contribution in [3.05, 3.63) is 65.0 Å². The van der Waals surface area contributed by atoms with Crippen LogP contribution in [0.15, 0.2) is 42.5 Å². The third-order valence-corrected chi connectivity index (χ3v) is 4.94. The Kier molecular flexibility index (Phi) is 3.21. The van der Waals surface area contributed by atoms with Crippen molar-refractivity contribution in [2.75, 3.05) is 11.4 Å². The molecule has 22 heavy (non-hydrogen) atoms. The lowest BCUT2D eigenvalue weighted by Crippen LogP contribution is -2.39. The summed E-state index contributed by atoms with van der Waals surface area (Å²) in [5, 5.41) is 0. The first-order valence-electron chi connectivity index (χ1n) is 7.86. The molecular weight excluding hydrogens is 277 g/mol. The Balaban J connectivity index is 1.89. The lowest BCUT2D eigenvalue weighted by atomic mass is 9.82. The van der Waals surface area contributed by atoms with E-state index in [-0.39, 0.29) is 17.8 Å². The first-order valence-corrected chi connectivity index (χ1v) is 7.86. The van der Waals surface area contributed by atoms with Crippen LogP contribution >= 0.6 is 0 Å². The highest BCUT2D eigenvalue weighted by Crippen LogP contribution is 2.44. The van der Waals surface area contributed by atoms with Gasteiger partial charge in [-0.05, 0) is 54.2 Å². The molecule has 0 aromatic heterocycles. The van der Waals surface area contributed by atoms with E-state index in [0.717, 1.165) is 36.9 Å². The van der Waals surface area contributed by atoms with Crippen molar-refractivity contribution < 1.29 is 9.18 Å². The summed E-state index contributed by atoms with van der Waals surface area (Å²) in [6, 6.07) is 13.5. The summed E-state index contributed by atoms with van der Waals surface area (Å²) in [6.45, 7) is 0.905. The Morgan fingerprint density at radius 3 is 2.86 bits per heavy atom. The van der Waals surface area contributed by atoms with E-state index >= 15 is 0 Å². The van der Waals surface area contributed by atoms with Crippen molar-refractivity contribution in [1.29, 1.82) is 0 Å². The van der Waals surface area contributed by atoms with Crippen molar-refractivity contribution in [3.8, 4) is 0 Å². The molecule has 0 N–H and O–H groups in total. The monoisotopic (exact) mass is 295 g/mol. The minimum Gasteiger partial charge on any atom is -0.364 e. The van der Waals surface area contributed by atoms with Gasteiger partial charge in [-0.1, -0.05) is 24.3 Å². The Labute approximate surface area is 129 Å². The summed E-state index contributed by atoms with van der Waals surface area (Å²) in [4.78, 5) is 14.0. The number of benzene rings is 2. The molecule has 0 radical (unpaired) electrons. The molecular formula is C19H18FNO. The third kappa shape index (κ3) is 2.04. The van der Waals surface area contributed by atoms with Gasteiger partial charge in [0.15, 0.2) is 0 Å². The van der Waals surface area contributed by atoms with E-state index in [1.54, 1.807) is 6.07 Å². The molecule has 2 aliphatic heterocycles. The summed E-state index contributed by atoms with van der Waals surface area (Å²) < 4.78 is 13.6. The minimum atomic E-state index is -0.225. The first kappa shape index (κ1) is 13.5. The van der Waals surface area contributed by atoms with Crippen LogP contribution in [0, 0.1) is 11.7 Å². The molecule has 4 rings (SSSR count). The van der Waals surface area contributed by atoms with Gasteiger partial charge in [0.2, 0.25) is 0 Å². The van der Waals surface area contributed by atoms with Gasteiger partial charge >= 0.3 is 0 Å². The number of rotatable bonds is 1. The number of hydrogen-bond donors (Lipinski definition) is 0. The van der Waals surface area contributed by atoms with Crippen molar-refractivity contribution in [2.24, 2.45) is 5.92 Å². The molecule has 0 amide bonds. The van der Waals surface area contributed by atoms with Gasteiger partial charge in [0, 0.05) is 18.2 Å². The number of fused-ring (bicyclic) bond motifs is 5. The fraction of sp³-hybridized carbons (Fsp3) is 0.316. The van der Waals surface area contributed by atoms with Crippen LogP contribution in [0.2, 0.25) is 0 Å². The molecule has 3 heteroatoms. The largest absolute Gasteiger partial charge is 0.364 e. The number of carbonyl (C=O) groups excluding carboxylic acids is 1. The summed E-state index contributed by atoms with van der Waals surface area (Å²) in [7, 11) is 0. The van der Waals surface area contributed by atoms with E-state index < -0.39 is 0 Å². The van der Waals surface area contributed by atoms with Gasteiger partial charge in [-0.3, -0.25) is 0 Å². The molecule has 2 atom stereocenters. The highest BCUT2D eigenvalue weighted by molar-refractivity contribution is 5.67. The number of aldehydes is 1. The zero-order chi connectivity index (χ0) is 15.1. The fourth-order valence-corrected chi connectivity index (χ4v) is 4.02. The highest BCUT2D eigenvalue weighted by atomic mass is 19.1. The zero-order valence-electron chi connectivity index (χ0n) is 12.3. The number of nitrogens with zero attached hydrogens (tertiary/aromatic N) is 1. The van der Waals surface area contributed by atoms with Crippen molar-refractivity contribution in [3.63, 3.8) is 0 Å². The predicted octanol–water partition coefficient (Wildman–Crippen LogP) is 3.69. The van der Waals surface area contributed by atoms with Gasteiger partial charge in [0.25, 0.3) is 0 Å². The Morgan fingerprint density at radius 1 is 1.14 bits per heavy atom. The van der Waals surface area contributed by atoms with Crippen molar-refractivity contribution in [1.82, 2.24) is 0 Å². The van der Waals surface area contributed by atoms with Crippen molar-refractivity contribution >= 4 is 12.0 Å². The van der Waals surface area contributed by atoms with Crippen LogP contribution in [0.4, 0.5) is 10.1 Å². The Morgan fingerprint density at radius 2 is 2.00 bits per heavy atom. The summed E-state index contributed by atoms with van der Waals surface area (Å²) in [6.07, 6.45) is 3.75. The molecule has 2 aromatic rings. The molecule has 2 aromatic carbocycles. The normalized spacial score (nSPS) is 23.0. The van der Waals surface area contributed by atoms with Crippen LogP contribution in [0.3, 0.4) is 0 Å². The number of aryl methyl sites for hydroxylation is 1. The van der Waals surface area contributed by atoms with Gasteiger partial charge in [0.05, 0.1) is 6.04 Å². The Bertz CT molecular complexity index is 727. The van der Waals surface area contributed by atoms with Crippen LogP contribution in [-0.2, 0) is 17.6 Å². The predicted molar refractivity (Wildman–Crippen MR) is 84.5 cm³/mol. The minimum absolute atomic E-state index is 0.0779. The number of hydrogen-bond acceptors (Lipinski definition) is 2. The van der Waals surface area contributed by atoms with Gasteiger partial charge < -0.3 is 9.69 Å². The second-order valence-electron chi connectivity index (χ2n) is 6.22. The van der Waals surface area contributed by atoms with E-state index in [9.17, 15) is 9.18 Å². The highest BCUT2D eigenvalue weighted by Gasteiger charge is 2.37. The smallest absolute Gasteiger partial charge is 0.125 e. The van der Waals surface area contributed by atoms with E-state index in [2.05, 4.69) is 23.1 Å².